The molecule has 0 aromatic heterocycles. The first-order valence-corrected chi connectivity index (χ1v) is 6.44. The molecule has 0 aromatic rings. The quantitative estimate of drug-likeness (QED) is 0.728. The Hall–Kier alpha value is -0.650. The number of hydrogen-bond donors (Lipinski definition) is 1. The summed E-state index contributed by atoms with van der Waals surface area (Å²) in [5, 5.41) is 9.31. The van der Waals surface area contributed by atoms with Crippen molar-refractivity contribution in [3.05, 3.63) is 0 Å². The zero-order valence-corrected chi connectivity index (χ0v) is 10.5. The van der Waals surface area contributed by atoms with Gasteiger partial charge >= 0.3 is 0 Å². The molecular formula is C12H22N2O3. The molecule has 2 aliphatic heterocycles. The van der Waals surface area contributed by atoms with Gasteiger partial charge in [-0.05, 0) is 13.3 Å². The zero-order chi connectivity index (χ0) is 12.3. The van der Waals surface area contributed by atoms with Crippen molar-refractivity contribution < 1.29 is 14.6 Å². The van der Waals surface area contributed by atoms with Gasteiger partial charge in [0.1, 0.15) is 0 Å². The van der Waals surface area contributed by atoms with E-state index in [0.717, 1.165) is 39.2 Å². The first-order valence-electron chi connectivity index (χ1n) is 6.44. The number of aliphatic hydroxyl groups excluding tert-OH is 1. The number of nitrogens with zero attached hydrogens (tertiary/aromatic N) is 2. The molecule has 17 heavy (non-hydrogen) atoms. The number of aliphatic hydroxyl groups is 1. The largest absolute Gasteiger partial charge is 0.392 e. The van der Waals surface area contributed by atoms with E-state index in [-0.39, 0.29) is 17.9 Å². The van der Waals surface area contributed by atoms with Gasteiger partial charge in [-0.2, -0.15) is 0 Å². The van der Waals surface area contributed by atoms with Crippen molar-refractivity contribution in [2.24, 2.45) is 5.92 Å². The van der Waals surface area contributed by atoms with Gasteiger partial charge in [0.15, 0.2) is 0 Å². The fraction of sp³-hybridized carbons (Fsp3) is 0.917. The Kier molecular flexibility index (Phi) is 4.36. The van der Waals surface area contributed by atoms with Crippen molar-refractivity contribution in [1.29, 1.82) is 0 Å². The third-order valence-electron chi connectivity index (χ3n) is 3.49. The van der Waals surface area contributed by atoms with Crippen molar-refractivity contribution >= 4 is 5.91 Å². The van der Waals surface area contributed by atoms with Crippen LogP contribution >= 0.6 is 0 Å². The molecule has 2 atom stereocenters. The molecule has 2 aliphatic rings. The summed E-state index contributed by atoms with van der Waals surface area (Å²) in [4.78, 5) is 16.3. The Labute approximate surface area is 102 Å². The van der Waals surface area contributed by atoms with Crippen molar-refractivity contribution in [3.63, 3.8) is 0 Å². The Morgan fingerprint density at radius 2 is 2.12 bits per heavy atom. The smallest absolute Gasteiger partial charge is 0.228 e. The van der Waals surface area contributed by atoms with E-state index in [1.165, 1.54) is 0 Å². The van der Waals surface area contributed by atoms with Crippen LogP contribution in [0.2, 0.25) is 0 Å². The lowest BCUT2D eigenvalue weighted by Gasteiger charge is -2.36. The summed E-state index contributed by atoms with van der Waals surface area (Å²) >= 11 is 0. The third-order valence-corrected chi connectivity index (χ3v) is 3.49. The minimum absolute atomic E-state index is 0.0818. The summed E-state index contributed by atoms with van der Waals surface area (Å²) in [6.45, 7) is 7.10. The minimum Gasteiger partial charge on any atom is -0.392 e. The summed E-state index contributed by atoms with van der Waals surface area (Å²) in [7, 11) is 0. The number of ether oxygens (including phenoxy) is 1. The first kappa shape index (κ1) is 12.8. The van der Waals surface area contributed by atoms with Gasteiger partial charge in [0.05, 0.1) is 18.6 Å². The van der Waals surface area contributed by atoms with Crippen LogP contribution in [0.25, 0.3) is 0 Å². The van der Waals surface area contributed by atoms with Crippen molar-refractivity contribution in [1.82, 2.24) is 9.80 Å². The van der Waals surface area contributed by atoms with Crippen LogP contribution < -0.4 is 0 Å². The summed E-state index contributed by atoms with van der Waals surface area (Å²) in [6.07, 6.45) is 0.577. The molecule has 1 N–H and O–H groups in total. The molecule has 0 unspecified atom stereocenters. The number of carbonyl (C=O) groups is 1. The maximum atomic E-state index is 12.1. The molecule has 2 saturated heterocycles. The third kappa shape index (κ3) is 3.40. The van der Waals surface area contributed by atoms with Gasteiger partial charge in [-0.15, -0.1) is 0 Å². The Balaban J connectivity index is 1.76. The van der Waals surface area contributed by atoms with Crippen LogP contribution in [0.4, 0.5) is 0 Å². The normalized spacial score (nSPS) is 28.4. The van der Waals surface area contributed by atoms with Crippen LogP contribution in [0.5, 0.6) is 0 Å². The molecule has 0 bridgehead atoms. The number of rotatable bonds is 3. The highest BCUT2D eigenvalue weighted by Crippen LogP contribution is 2.16. The monoisotopic (exact) mass is 242 g/mol. The van der Waals surface area contributed by atoms with E-state index in [1.54, 1.807) is 6.92 Å². The van der Waals surface area contributed by atoms with E-state index in [1.807, 2.05) is 4.90 Å². The summed E-state index contributed by atoms with van der Waals surface area (Å²) in [5.74, 6) is 0.331. The maximum Gasteiger partial charge on any atom is 0.228 e. The second-order valence-electron chi connectivity index (χ2n) is 5.04. The van der Waals surface area contributed by atoms with Gasteiger partial charge in [0.25, 0.3) is 0 Å². The minimum atomic E-state index is -0.291. The van der Waals surface area contributed by atoms with Gasteiger partial charge < -0.3 is 14.7 Å². The Bertz CT molecular complexity index is 256. The number of β-amino-alcohol motifs (C(OH)–C–C–N with tert-alkyl or cyclic N) is 1. The molecule has 1 amide bonds. The fourth-order valence-electron chi connectivity index (χ4n) is 2.51. The molecule has 0 aromatic carbocycles. The average molecular weight is 242 g/mol. The Morgan fingerprint density at radius 3 is 2.65 bits per heavy atom. The molecule has 98 valence electrons. The van der Waals surface area contributed by atoms with Crippen LogP contribution in [0.15, 0.2) is 0 Å². The van der Waals surface area contributed by atoms with E-state index < -0.39 is 0 Å². The standard InChI is InChI=1S/C12H22N2O3/c1-10(15)8-13-3-5-14(6-4-13)12(16)11-2-7-17-9-11/h10-11,15H,2-9H2,1H3/t10-,11-/m1/s1. The van der Waals surface area contributed by atoms with Crippen molar-refractivity contribution in [2.45, 2.75) is 19.4 Å². The van der Waals surface area contributed by atoms with Crippen molar-refractivity contribution in [2.75, 3.05) is 45.9 Å². The molecule has 2 heterocycles. The molecule has 0 spiro atoms. The lowest BCUT2D eigenvalue weighted by Crippen LogP contribution is -2.51. The summed E-state index contributed by atoms with van der Waals surface area (Å²) < 4.78 is 5.25. The highest BCUT2D eigenvalue weighted by Gasteiger charge is 2.30. The van der Waals surface area contributed by atoms with E-state index in [4.69, 9.17) is 4.74 Å². The van der Waals surface area contributed by atoms with Crippen LogP contribution in [-0.2, 0) is 9.53 Å². The molecule has 0 saturated carbocycles. The van der Waals surface area contributed by atoms with Gasteiger partial charge in [0, 0.05) is 39.3 Å². The number of piperazine rings is 1. The molecular weight excluding hydrogens is 220 g/mol. The van der Waals surface area contributed by atoms with Crippen LogP contribution in [-0.4, -0.2) is 72.9 Å². The number of amides is 1. The van der Waals surface area contributed by atoms with E-state index in [0.29, 0.717) is 13.2 Å². The van der Waals surface area contributed by atoms with Gasteiger partial charge in [-0.25, -0.2) is 0 Å². The van der Waals surface area contributed by atoms with E-state index >= 15 is 0 Å². The second kappa shape index (κ2) is 5.80. The predicted molar refractivity (Wildman–Crippen MR) is 63.6 cm³/mol. The lowest BCUT2D eigenvalue weighted by molar-refractivity contribution is -0.137. The average Bonchev–Trinajstić information content (AvgIpc) is 2.82. The van der Waals surface area contributed by atoms with Crippen LogP contribution in [0.3, 0.4) is 0 Å². The lowest BCUT2D eigenvalue weighted by atomic mass is 10.1. The summed E-state index contributed by atoms with van der Waals surface area (Å²) in [6, 6.07) is 0. The van der Waals surface area contributed by atoms with Crippen LogP contribution in [0.1, 0.15) is 13.3 Å². The summed E-state index contributed by atoms with van der Waals surface area (Å²) in [5.41, 5.74) is 0. The van der Waals surface area contributed by atoms with Gasteiger partial charge in [0.2, 0.25) is 5.91 Å². The van der Waals surface area contributed by atoms with Crippen LogP contribution in [0, 0.1) is 5.92 Å². The molecule has 5 heteroatoms. The highest BCUT2D eigenvalue weighted by molar-refractivity contribution is 5.79. The van der Waals surface area contributed by atoms with Gasteiger partial charge in [-0.3, -0.25) is 9.69 Å². The second-order valence-corrected chi connectivity index (χ2v) is 5.04. The highest BCUT2D eigenvalue weighted by atomic mass is 16.5. The van der Waals surface area contributed by atoms with E-state index in [2.05, 4.69) is 4.90 Å². The van der Waals surface area contributed by atoms with Crippen molar-refractivity contribution in [3.8, 4) is 0 Å². The van der Waals surface area contributed by atoms with E-state index in [9.17, 15) is 9.90 Å². The molecule has 0 aliphatic carbocycles. The molecule has 2 fully saturated rings. The number of carbonyl (C=O) groups excluding carboxylic acids is 1. The molecule has 2 rings (SSSR count). The number of hydrogen-bond acceptors (Lipinski definition) is 4. The fourth-order valence-corrected chi connectivity index (χ4v) is 2.51. The maximum absolute atomic E-state index is 12.1. The zero-order valence-electron chi connectivity index (χ0n) is 10.5. The molecule has 5 nitrogen and oxygen atoms in total. The topological polar surface area (TPSA) is 53.0 Å². The predicted octanol–water partition coefficient (Wildman–Crippen LogP) is -0.452. The molecule has 0 radical (unpaired) electrons. The van der Waals surface area contributed by atoms with Gasteiger partial charge in [-0.1, -0.05) is 0 Å². The first-order chi connectivity index (χ1) is 8.16. The Morgan fingerprint density at radius 1 is 1.41 bits per heavy atom. The SMILES string of the molecule is C[C@@H](O)CN1CCN(C(=O)[C@@H]2CCOC2)CC1.